The van der Waals surface area contributed by atoms with Gasteiger partial charge in [-0.25, -0.2) is 0 Å². The van der Waals surface area contributed by atoms with Crippen molar-refractivity contribution >= 4 is 11.8 Å². The molecular formula is C17H26N3O2+. The lowest BCUT2D eigenvalue weighted by molar-refractivity contribution is -0.905. The zero-order valence-electron chi connectivity index (χ0n) is 13.7. The van der Waals surface area contributed by atoms with E-state index in [1.54, 1.807) is 14.1 Å². The van der Waals surface area contributed by atoms with Crippen molar-refractivity contribution in [3.05, 3.63) is 35.4 Å². The molecule has 0 bridgehead atoms. The van der Waals surface area contributed by atoms with E-state index in [4.69, 9.17) is 0 Å². The summed E-state index contributed by atoms with van der Waals surface area (Å²) in [6.07, 6.45) is 3.40. The number of carbonyl (C=O) groups is 2. The van der Waals surface area contributed by atoms with Gasteiger partial charge in [0.25, 0.3) is 5.91 Å². The van der Waals surface area contributed by atoms with Crippen molar-refractivity contribution in [2.75, 3.05) is 34.2 Å². The number of benzene rings is 1. The molecule has 0 aliphatic heterocycles. The minimum absolute atomic E-state index is 0.0698. The highest BCUT2D eigenvalue weighted by atomic mass is 16.2. The van der Waals surface area contributed by atoms with Crippen molar-refractivity contribution in [1.29, 1.82) is 0 Å². The molecule has 1 aliphatic rings. The normalized spacial score (nSPS) is 18.2. The molecule has 0 saturated carbocycles. The van der Waals surface area contributed by atoms with Crippen LogP contribution >= 0.6 is 0 Å². The Morgan fingerprint density at radius 1 is 1.32 bits per heavy atom. The van der Waals surface area contributed by atoms with Crippen LogP contribution in [0.1, 0.15) is 30.0 Å². The van der Waals surface area contributed by atoms with Gasteiger partial charge in [-0.3, -0.25) is 9.59 Å². The Balaban J connectivity index is 1.91. The van der Waals surface area contributed by atoms with E-state index in [1.165, 1.54) is 27.3 Å². The van der Waals surface area contributed by atoms with Gasteiger partial charge < -0.3 is 15.1 Å². The number of hydrogen-bond acceptors (Lipinski definition) is 2. The quantitative estimate of drug-likeness (QED) is 0.790. The third-order valence-electron chi connectivity index (χ3n) is 4.34. The number of likely N-dealkylation sites (N-methyl/N-ethyl adjacent to an activating group) is 2. The van der Waals surface area contributed by atoms with Crippen LogP contribution in [-0.4, -0.2) is 50.9 Å². The number of nitrogens with zero attached hydrogens (tertiary/aromatic N) is 1. The molecule has 0 fully saturated rings. The number of hydrogen-bond donors (Lipinski definition) is 2. The number of quaternary nitrogens is 1. The van der Waals surface area contributed by atoms with Crippen LogP contribution in [0.2, 0.25) is 0 Å². The Hall–Kier alpha value is -1.88. The molecule has 1 aliphatic carbocycles. The maximum atomic E-state index is 12.0. The monoisotopic (exact) mass is 304 g/mol. The van der Waals surface area contributed by atoms with E-state index < -0.39 is 0 Å². The van der Waals surface area contributed by atoms with Crippen LogP contribution in [0.4, 0.5) is 0 Å². The predicted molar refractivity (Wildman–Crippen MR) is 85.6 cm³/mol. The number of carbonyl (C=O) groups excluding carboxylic acids is 2. The first kappa shape index (κ1) is 16.5. The summed E-state index contributed by atoms with van der Waals surface area (Å²) in [4.78, 5) is 26.2. The minimum Gasteiger partial charge on any atom is -0.347 e. The largest absolute Gasteiger partial charge is 0.347 e. The standard InChI is InChI=1S/C17H25N3O2/c1-19(2)17(22)11-18-16(21)12-20(3)15-10-6-8-13-7-4-5-9-14(13)15/h4-5,7,9,15H,6,8,10-12H2,1-3H3,(H,18,21)/p+1/t15-/m1/s1. The molecule has 5 nitrogen and oxygen atoms in total. The third-order valence-corrected chi connectivity index (χ3v) is 4.34. The summed E-state index contributed by atoms with van der Waals surface area (Å²) in [6, 6.07) is 8.87. The maximum Gasteiger partial charge on any atom is 0.275 e. The van der Waals surface area contributed by atoms with Crippen molar-refractivity contribution < 1.29 is 14.5 Å². The molecule has 2 atom stereocenters. The van der Waals surface area contributed by atoms with Gasteiger partial charge in [-0.05, 0) is 18.4 Å². The highest BCUT2D eigenvalue weighted by Crippen LogP contribution is 2.27. The highest BCUT2D eigenvalue weighted by molar-refractivity contribution is 5.84. The summed E-state index contributed by atoms with van der Waals surface area (Å²) in [7, 11) is 5.43. The van der Waals surface area contributed by atoms with Crippen molar-refractivity contribution in [1.82, 2.24) is 10.2 Å². The molecule has 5 heteroatoms. The second-order valence-corrected chi connectivity index (χ2v) is 6.23. The van der Waals surface area contributed by atoms with E-state index in [-0.39, 0.29) is 18.4 Å². The first-order chi connectivity index (χ1) is 10.5. The topological polar surface area (TPSA) is 53.9 Å². The molecular weight excluding hydrogens is 278 g/mol. The number of amides is 2. The van der Waals surface area contributed by atoms with Crippen LogP contribution in [-0.2, 0) is 16.0 Å². The number of fused-ring (bicyclic) bond motifs is 1. The SMILES string of the molecule is CN(C)C(=O)CNC(=O)C[NH+](C)[C@@H]1CCCc2ccccc21. The first-order valence-electron chi connectivity index (χ1n) is 7.86. The van der Waals surface area contributed by atoms with Gasteiger partial charge >= 0.3 is 0 Å². The van der Waals surface area contributed by atoms with Crippen LogP contribution in [0.25, 0.3) is 0 Å². The number of nitrogens with one attached hydrogen (secondary N) is 2. The van der Waals surface area contributed by atoms with E-state index in [1.807, 2.05) is 0 Å². The predicted octanol–water partition coefficient (Wildman–Crippen LogP) is -0.217. The minimum atomic E-state index is -0.0889. The van der Waals surface area contributed by atoms with Crippen LogP contribution < -0.4 is 10.2 Å². The van der Waals surface area contributed by atoms with E-state index in [9.17, 15) is 9.59 Å². The molecule has 1 unspecified atom stereocenters. The molecule has 0 spiro atoms. The van der Waals surface area contributed by atoms with Crippen LogP contribution in [0.3, 0.4) is 0 Å². The summed E-state index contributed by atoms with van der Waals surface area (Å²) in [5.74, 6) is -0.162. The first-order valence-corrected chi connectivity index (χ1v) is 7.86. The molecule has 120 valence electrons. The summed E-state index contributed by atoms with van der Waals surface area (Å²) in [6.45, 7) is 0.458. The molecule has 22 heavy (non-hydrogen) atoms. The maximum absolute atomic E-state index is 12.0. The number of aryl methyl sites for hydroxylation is 1. The van der Waals surface area contributed by atoms with Crippen LogP contribution in [0.15, 0.2) is 24.3 Å². The van der Waals surface area contributed by atoms with Crippen molar-refractivity contribution in [3.8, 4) is 0 Å². The Morgan fingerprint density at radius 3 is 2.77 bits per heavy atom. The fourth-order valence-electron chi connectivity index (χ4n) is 3.04. The molecule has 2 amide bonds. The zero-order chi connectivity index (χ0) is 16.1. The Bertz CT molecular complexity index is 542. The van der Waals surface area contributed by atoms with Crippen LogP contribution in [0, 0.1) is 0 Å². The summed E-state index contributed by atoms with van der Waals surface area (Å²) in [5.41, 5.74) is 2.77. The lowest BCUT2D eigenvalue weighted by atomic mass is 9.87. The molecule has 2 rings (SSSR count). The van der Waals surface area contributed by atoms with Crippen molar-refractivity contribution in [2.45, 2.75) is 25.3 Å². The average Bonchev–Trinajstić information content (AvgIpc) is 2.51. The van der Waals surface area contributed by atoms with Gasteiger partial charge in [0.1, 0.15) is 6.04 Å². The molecule has 0 heterocycles. The Morgan fingerprint density at radius 2 is 2.05 bits per heavy atom. The second kappa shape index (κ2) is 7.40. The summed E-state index contributed by atoms with van der Waals surface area (Å²) < 4.78 is 0. The Kier molecular flexibility index (Phi) is 5.55. The zero-order valence-corrected chi connectivity index (χ0v) is 13.7. The fourth-order valence-corrected chi connectivity index (χ4v) is 3.04. The fraction of sp³-hybridized carbons (Fsp3) is 0.529. The lowest BCUT2D eigenvalue weighted by Crippen LogP contribution is -3.10. The van der Waals surface area contributed by atoms with Gasteiger partial charge in [0.15, 0.2) is 6.54 Å². The summed E-state index contributed by atoms with van der Waals surface area (Å²) >= 11 is 0. The summed E-state index contributed by atoms with van der Waals surface area (Å²) in [5, 5.41) is 2.71. The van der Waals surface area contributed by atoms with Gasteiger partial charge in [-0.15, -0.1) is 0 Å². The molecule has 1 aromatic rings. The van der Waals surface area contributed by atoms with Gasteiger partial charge in [0.2, 0.25) is 5.91 Å². The number of rotatable bonds is 5. The van der Waals surface area contributed by atoms with Gasteiger partial charge in [0.05, 0.1) is 13.6 Å². The van der Waals surface area contributed by atoms with Gasteiger partial charge in [-0.2, -0.15) is 0 Å². The second-order valence-electron chi connectivity index (χ2n) is 6.23. The van der Waals surface area contributed by atoms with E-state index in [0.717, 1.165) is 12.8 Å². The van der Waals surface area contributed by atoms with Crippen molar-refractivity contribution in [3.63, 3.8) is 0 Å². The van der Waals surface area contributed by atoms with Gasteiger partial charge in [-0.1, -0.05) is 24.3 Å². The lowest BCUT2D eigenvalue weighted by Gasteiger charge is -2.30. The van der Waals surface area contributed by atoms with Crippen molar-refractivity contribution in [2.24, 2.45) is 0 Å². The van der Waals surface area contributed by atoms with Crippen LogP contribution in [0.5, 0.6) is 0 Å². The Labute approximate surface area is 132 Å². The molecule has 0 radical (unpaired) electrons. The van der Waals surface area contributed by atoms with Gasteiger partial charge in [0, 0.05) is 26.1 Å². The van der Waals surface area contributed by atoms with E-state index in [0.29, 0.717) is 12.6 Å². The van der Waals surface area contributed by atoms with E-state index >= 15 is 0 Å². The molecule has 1 aromatic carbocycles. The third kappa shape index (κ3) is 4.07. The van der Waals surface area contributed by atoms with E-state index in [2.05, 4.69) is 36.6 Å². The average molecular weight is 304 g/mol. The highest BCUT2D eigenvalue weighted by Gasteiger charge is 2.27. The molecule has 0 aromatic heterocycles. The smallest absolute Gasteiger partial charge is 0.275 e. The molecule has 0 saturated heterocycles. The molecule has 2 N–H and O–H groups in total.